The monoisotopic (exact) mass is 286 g/mol. The van der Waals surface area contributed by atoms with Crippen LogP contribution in [0.2, 0.25) is 0 Å². The Bertz CT molecular complexity index is 767. The van der Waals surface area contributed by atoms with Gasteiger partial charge >= 0.3 is 0 Å². The van der Waals surface area contributed by atoms with Crippen LogP contribution in [0.3, 0.4) is 0 Å². The van der Waals surface area contributed by atoms with Crippen molar-refractivity contribution in [3.8, 4) is 22.3 Å². The molecule has 110 valence electrons. The molecule has 0 spiro atoms. The fourth-order valence-corrected chi connectivity index (χ4v) is 2.81. The summed E-state index contributed by atoms with van der Waals surface area (Å²) in [7, 11) is 0. The molecule has 22 heavy (non-hydrogen) atoms. The summed E-state index contributed by atoms with van der Waals surface area (Å²) >= 11 is 0. The number of hydrogen-bond donors (Lipinski definition) is 0. The van der Waals surface area contributed by atoms with Gasteiger partial charge in [-0.15, -0.1) is 0 Å². The normalized spacial score (nSPS) is 10.9. The SMILES string of the molecule is Cc1ccc(-c2ccccc2)cc1-c1cccc(C(C)C)c1. The van der Waals surface area contributed by atoms with E-state index in [0.717, 1.165) is 0 Å². The molecule has 3 rings (SSSR count). The van der Waals surface area contributed by atoms with Crippen molar-refractivity contribution in [1.82, 2.24) is 0 Å². The molecule has 0 aromatic heterocycles. The van der Waals surface area contributed by atoms with Crippen molar-refractivity contribution < 1.29 is 0 Å². The van der Waals surface area contributed by atoms with Gasteiger partial charge in [0.1, 0.15) is 0 Å². The Labute approximate surface area is 133 Å². The van der Waals surface area contributed by atoms with Crippen molar-refractivity contribution in [3.63, 3.8) is 0 Å². The first-order valence-electron chi connectivity index (χ1n) is 7.91. The molecular formula is C22H22. The summed E-state index contributed by atoms with van der Waals surface area (Å²) < 4.78 is 0. The summed E-state index contributed by atoms with van der Waals surface area (Å²) in [6.45, 7) is 6.67. The van der Waals surface area contributed by atoms with Gasteiger partial charge in [0.15, 0.2) is 0 Å². The van der Waals surface area contributed by atoms with Gasteiger partial charge in [-0.3, -0.25) is 0 Å². The lowest BCUT2D eigenvalue weighted by Crippen LogP contribution is -1.90. The van der Waals surface area contributed by atoms with Gasteiger partial charge in [-0.1, -0.05) is 80.6 Å². The third-order valence-corrected chi connectivity index (χ3v) is 4.21. The van der Waals surface area contributed by atoms with Gasteiger partial charge in [0.25, 0.3) is 0 Å². The molecule has 0 fully saturated rings. The van der Waals surface area contributed by atoms with E-state index < -0.39 is 0 Å². The van der Waals surface area contributed by atoms with Crippen LogP contribution in [0.5, 0.6) is 0 Å². The predicted molar refractivity (Wildman–Crippen MR) is 96.1 cm³/mol. The fraction of sp³-hybridized carbons (Fsp3) is 0.182. The first-order valence-corrected chi connectivity index (χ1v) is 7.91. The number of rotatable bonds is 3. The number of hydrogen-bond acceptors (Lipinski definition) is 0. The number of benzene rings is 3. The Morgan fingerprint density at radius 3 is 2.09 bits per heavy atom. The van der Waals surface area contributed by atoms with E-state index in [4.69, 9.17) is 0 Å². The molecular weight excluding hydrogens is 264 g/mol. The molecule has 0 aliphatic rings. The molecule has 0 N–H and O–H groups in total. The van der Waals surface area contributed by atoms with Gasteiger partial charge in [0.2, 0.25) is 0 Å². The first-order chi connectivity index (χ1) is 10.6. The molecule has 0 heterocycles. The lowest BCUT2D eigenvalue weighted by atomic mass is 9.92. The molecule has 0 radical (unpaired) electrons. The van der Waals surface area contributed by atoms with Crippen LogP contribution in [-0.4, -0.2) is 0 Å². The molecule has 0 heteroatoms. The van der Waals surface area contributed by atoms with E-state index in [9.17, 15) is 0 Å². The standard InChI is InChI=1S/C22H22/c1-16(2)19-10-7-11-21(14-19)22-15-20(13-12-17(22)3)18-8-5-4-6-9-18/h4-16H,1-3H3. The predicted octanol–water partition coefficient (Wildman–Crippen LogP) is 6.45. The van der Waals surface area contributed by atoms with E-state index in [2.05, 4.69) is 93.6 Å². The largest absolute Gasteiger partial charge is 0.0622 e. The van der Waals surface area contributed by atoms with Gasteiger partial charge in [-0.2, -0.15) is 0 Å². The zero-order chi connectivity index (χ0) is 15.5. The average Bonchev–Trinajstić information content (AvgIpc) is 2.56. The van der Waals surface area contributed by atoms with Gasteiger partial charge < -0.3 is 0 Å². The van der Waals surface area contributed by atoms with E-state index in [1.807, 2.05) is 0 Å². The summed E-state index contributed by atoms with van der Waals surface area (Å²) in [6, 6.07) is 26.2. The third-order valence-electron chi connectivity index (χ3n) is 4.21. The second-order valence-electron chi connectivity index (χ2n) is 6.18. The molecule has 0 saturated heterocycles. The molecule has 0 aliphatic heterocycles. The van der Waals surface area contributed by atoms with Crippen LogP contribution in [0, 0.1) is 6.92 Å². The Hall–Kier alpha value is -2.34. The average molecular weight is 286 g/mol. The van der Waals surface area contributed by atoms with Crippen molar-refractivity contribution in [2.45, 2.75) is 26.7 Å². The van der Waals surface area contributed by atoms with E-state index >= 15 is 0 Å². The van der Waals surface area contributed by atoms with Gasteiger partial charge in [-0.25, -0.2) is 0 Å². The Kier molecular flexibility index (Phi) is 4.11. The van der Waals surface area contributed by atoms with E-state index in [1.165, 1.54) is 33.4 Å². The van der Waals surface area contributed by atoms with E-state index in [0.29, 0.717) is 5.92 Å². The summed E-state index contributed by atoms with van der Waals surface area (Å²) in [5.41, 5.74) is 7.88. The molecule has 3 aromatic carbocycles. The summed E-state index contributed by atoms with van der Waals surface area (Å²) in [5.74, 6) is 0.553. The fourth-order valence-electron chi connectivity index (χ4n) is 2.81. The smallest absolute Gasteiger partial charge is 0.0148 e. The third kappa shape index (κ3) is 2.96. The maximum Gasteiger partial charge on any atom is -0.0148 e. The lowest BCUT2D eigenvalue weighted by Gasteiger charge is -2.12. The molecule has 0 amide bonds. The van der Waals surface area contributed by atoms with Gasteiger partial charge in [0.05, 0.1) is 0 Å². The summed E-state index contributed by atoms with van der Waals surface area (Å²) in [4.78, 5) is 0. The van der Waals surface area contributed by atoms with Crippen molar-refractivity contribution in [2.75, 3.05) is 0 Å². The highest BCUT2D eigenvalue weighted by Gasteiger charge is 2.07. The summed E-state index contributed by atoms with van der Waals surface area (Å²) in [6.07, 6.45) is 0. The minimum atomic E-state index is 0.553. The van der Waals surface area contributed by atoms with Crippen molar-refractivity contribution >= 4 is 0 Å². The zero-order valence-corrected chi connectivity index (χ0v) is 13.5. The molecule has 0 nitrogen and oxygen atoms in total. The van der Waals surface area contributed by atoms with Gasteiger partial charge in [-0.05, 0) is 52.3 Å². The van der Waals surface area contributed by atoms with Crippen LogP contribution in [0.1, 0.15) is 30.9 Å². The lowest BCUT2D eigenvalue weighted by molar-refractivity contribution is 0.867. The van der Waals surface area contributed by atoms with Crippen molar-refractivity contribution in [3.05, 3.63) is 83.9 Å². The minimum absolute atomic E-state index is 0.553. The Morgan fingerprint density at radius 1 is 0.636 bits per heavy atom. The number of aryl methyl sites for hydroxylation is 1. The van der Waals surface area contributed by atoms with Crippen molar-refractivity contribution in [1.29, 1.82) is 0 Å². The minimum Gasteiger partial charge on any atom is -0.0622 e. The first kappa shape index (κ1) is 14.6. The van der Waals surface area contributed by atoms with Crippen LogP contribution < -0.4 is 0 Å². The topological polar surface area (TPSA) is 0 Å². The second-order valence-corrected chi connectivity index (χ2v) is 6.18. The molecule has 3 aromatic rings. The molecule has 0 saturated carbocycles. The second kappa shape index (κ2) is 6.19. The molecule has 0 atom stereocenters. The summed E-state index contributed by atoms with van der Waals surface area (Å²) in [5, 5.41) is 0. The van der Waals surface area contributed by atoms with Crippen LogP contribution in [0.15, 0.2) is 72.8 Å². The Morgan fingerprint density at radius 2 is 1.36 bits per heavy atom. The van der Waals surface area contributed by atoms with Crippen molar-refractivity contribution in [2.24, 2.45) is 0 Å². The maximum absolute atomic E-state index is 2.32. The molecule has 0 unspecified atom stereocenters. The van der Waals surface area contributed by atoms with Crippen LogP contribution in [0.25, 0.3) is 22.3 Å². The quantitative estimate of drug-likeness (QED) is 0.519. The van der Waals surface area contributed by atoms with Crippen LogP contribution in [0.4, 0.5) is 0 Å². The Balaban J connectivity index is 2.09. The highest BCUT2D eigenvalue weighted by molar-refractivity contribution is 5.75. The van der Waals surface area contributed by atoms with Gasteiger partial charge in [0, 0.05) is 0 Å². The maximum atomic E-state index is 2.32. The van der Waals surface area contributed by atoms with E-state index in [1.54, 1.807) is 0 Å². The molecule has 0 aliphatic carbocycles. The van der Waals surface area contributed by atoms with Crippen LogP contribution >= 0.6 is 0 Å². The van der Waals surface area contributed by atoms with E-state index in [-0.39, 0.29) is 0 Å². The zero-order valence-electron chi connectivity index (χ0n) is 13.5. The van der Waals surface area contributed by atoms with Crippen LogP contribution in [-0.2, 0) is 0 Å². The highest BCUT2D eigenvalue weighted by Crippen LogP contribution is 2.30. The highest BCUT2D eigenvalue weighted by atomic mass is 14.1. The molecule has 0 bridgehead atoms.